The Balaban J connectivity index is 1.72. The topological polar surface area (TPSA) is 64.3 Å². The van der Waals surface area contributed by atoms with Gasteiger partial charge in [-0.25, -0.2) is 4.39 Å². The molecule has 0 fully saturated rings. The maximum atomic E-state index is 13.7. The first-order valence-corrected chi connectivity index (χ1v) is 6.70. The van der Waals surface area contributed by atoms with Gasteiger partial charge in [-0.15, -0.1) is 0 Å². The lowest BCUT2D eigenvalue weighted by Gasteiger charge is -2.24. The van der Waals surface area contributed by atoms with Crippen molar-refractivity contribution in [3.63, 3.8) is 0 Å². The molecule has 0 bridgehead atoms. The molecule has 4 nitrogen and oxygen atoms in total. The van der Waals surface area contributed by atoms with Crippen LogP contribution in [0.1, 0.15) is 5.56 Å². The number of benzene rings is 2. The summed E-state index contributed by atoms with van der Waals surface area (Å²) in [6, 6.07) is 11.8. The Bertz CT molecular complexity index is 688. The number of carbonyl (C=O) groups excluding carboxylic acids is 1. The van der Waals surface area contributed by atoms with E-state index in [4.69, 9.17) is 10.5 Å². The van der Waals surface area contributed by atoms with Gasteiger partial charge in [0.05, 0.1) is 11.6 Å². The number of rotatable bonds is 2. The summed E-state index contributed by atoms with van der Waals surface area (Å²) in [5.74, 6) is -0.328. The molecule has 3 rings (SSSR count). The van der Waals surface area contributed by atoms with E-state index in [-0.39, 0.29) is 17.5 Å². The van der Waals surface area contributed by atoms with E-state index in [1.807, 2.05) is 24.3 Å². The minimum Gasteiger partial charge on any atom is -0.492 e. The molecule has 0 spiro atoms. The van der Waals surface area contributed by atoms with E-state index in [9.17, 15) is 9.18 Å². The lowest BCUT2D eigenvalue weighted by molar-refractivity contribution is -0.121. The number of anilines is 2. The Morgan fingerprint density at radius 3 is 2.90 bits per heavy atom. The highest BCUT2D eigenvalue weighted by Gasteiger charge is 2.26. The van der Waals surface area contributed by atoms with Crippen LogP contribution in [0.15, 0.2) is 42.5 Å². The molecule has 21 heavy (non-hydrogen) atoms. The zero-order chi connectivity index (χ0) is 14.8. The van der Waals surface area contributed by atoms with Gasteiger partial charge in [-0.2, -0.15) is 0 Å². The van der Waals surface area contributed by atoms with E-state index in [1.165, 1.54) is 12.1 Å². The molecule has 0 saturated heterocycles. The van der Waals surface area contributed by atoms with Crippen molar-refractivity contribution >= 4 is 17.3 Å². The standard InChI is InChI=1S/C16H15FN2O2/c17-13-8-12(18)5-6-14(13)19-16(20)11-7-10-3-1-2-4-15(10)21-9-11/h1-6,8,11H,7,9,18H2,(H,19,20). The van der Waals surface area contributed by atoms with Crippen LogP contribution in [0.2, 0.25) is 0 Å². The molecule has 0 saturated carbocycles. The second kappa shape index (κ2) is 5.44. The van der Waals surface area contributed by atoms with Crippen LogP contribution in [0.4, 0.5) is 15.8 Å². The first-order valence-electron chi connectivity index (χ1n) is 6.70. The van der Waals surface area contributed by atoms with Gasteiger partial charge in [-0.1, -0.05) is 18.2 Å². The lowest BCUT2D eigenvalue weighted by atomic mass is 9.96. The number of ether oxygens (including phenoxy) is 1. The molecule has 1 unspecified atom stereocenters. The number of hydrogen-bond acceptors (Lipinski definition) is 3. The number of hydrogen-bond donors (Lipinski definition) is 2. The third-order valence-corrected chi connectivity index (χ3v) is 3.50. The Kier molecular flexibility index (Phi) is 3.48. The number of carbonyl (C=O) groups is 1. The Morgan fingerprint density at radius 1 is 1.29 bits per heavy atom. The van der Waals surface area contributed by atoms with Crippen LogP contribution in [0.25, 0.3) is 0 Å². The monoisotopic (exact) mass is 286 g/mol. The fraction of sp³-hybridized carbons (Fsp3) is 0.188. The molecule has 1 aliphatic rings. The van der Waals surface area contributed by atoms with Crippen molar-refractivity contribution in [1.29, 1.82) is 0 Å². The summed E-state index contributed by atoms with van der Waals surface area (Å²) < 4.78 is 19.3. The van der Waals surface area contributed by atoms with Gasteiger partial charge in [0.2, 0.25) is 5.91 Å². The zero-order valence-electron chi connectivity index (χ0n) is 11.3. The molecular weight excluding hydrogens is 271 g/mol. The lowest BCUT2D eigenvalue weighted by Crippen LogP contribution is -2.32. The summed E-state index contributed by atoms with van der Waals surface area (Å²) in [6.45, 7) is 0.291. The fourth-order valence-electron chi connectivity index (χ4n) is 2.36. The van der Waals surface area contributed by atoms with Crippen molar-refractivity contribution in [2.24, 2.45) is 5.92 Å². The molecule has 3 N–H and O–H groups in total. The minimum atomic E-state index is -0.541. The predicted molar refractivity (Wildman–Crippen MR) is 78.6 cm³/mol. The summed E-state index contributed by atoms with van der Waals surface area (Å²) in [5, 5.41) is 2.59. The van der Waals surface area contributed by atoms with Crippen LogP contribution < -0.4 is 15.8 Å². The van der Waals surface area contributed by atoms with Crippen LogP contribution in [-0.4, -0.2) is 12.5 Å². The number of nitrogens with one attached hydrogen (secondary N) is 1. The minimum absolute atomic E-state index is 0.132. The SMILES string of the molecule is Nc1ccc(NC(=O)C2COc3ccccc3C2)c(F)c1. The van der Waals surface area contributed by atoms with Gasteiger partial charge in [-0.05, 0) is 36.2 Å². The maximum absolute atomic E-state index is 13.7. The van der Waals surface area contributed by atoms with Crippen molar-refractivity contribution in [2.45, 2.75) is 6.42 Å². The highest BCUT2D eigenvalue weighted by atomic mass is 19.1. The summed E-state index contributed by atoms with van der Waals surface area (Å²) in [7, 11) is 0. The molecule has 0 aliphatic carbocycles. The first kappa shape index (κ1) is 13.4. The van der Waals surface area contributed by atoms with Gasteiger partial charge in [0, 0.05) is 5.69 Å². The van der Waals surface area contributed by atoms with Crippen LogP contribution in [-0.2, 0) is 11.2 Å². The Labute approximate surface area is 121 Å². The fourth-order valence-corrected chi connectivity index (χ4v) is 2.36. The van der Waals surface area contributed by atoms with Crippen molar-refractivity contribution in [3.05, 3.63) is 53.8 Å². The average Bonchev–Trinajstić information content (AvgIpc) is 2.49. The summed E-state index contributed by atoms with van der Waals surface area (Å²) in [5.41, 5.74) is 6.92. The quantitative estimate of drug-likeness (QED) is 0.834. The number of nitrogens with two attached hydrogens (primary N) is 1. The third kappa shape index (κ3) is 2.81. The smallest absolute Gasteiger partial charge is 0.231 e. The molecule has 1 heterocycles. The largest absolute Gasteiger partial charge is 0.492 e. The molecule has 5 heteroatoms. The van der Waals surface area contributed by atoms with Crippen molar-refractivity contribution in [1.82, 2.24) is 0 Å². The normalized spacial score (nSPS) is 16.7. The second-order valence-corrected chi connectivity index (χ2v) is 5.05. The molecule has 1 aliphatic heterocycles. The number of halogens is 1. The number of amides is 1. The van der Waals surface area contributed by atoms with Crippen LogP contribution >= 0.6 is 0 Å². The molecule has 2 aromatic carbocycles. The third-order valence-electron chi connectivity index (χ3n) is 3.50. The first-order chi connectivity index (χ1) is 10.1. The van der Waals surface area contributed by atoms with Crippen molar-refractivity contribution in [3.8, 4) is 5.75 Å². The molecule has 1 atom stereocenters. The highest BCUT2D eigenvalue weighted by molar-refractivity contribution is 5.93. The predicted octanol–water partition coefficient (Wildman–Crippen LogP) is 2.60. The molecule has 2 aromatic rings. The van der Waals surface area contributed by atoms with Gasteiger partial charge in [0.1, 0.15) is 18.2 Å². The highest BCUT2D eigenvalue weighted by Crippen LogP contribution is 2.27. The maximum Gasteiger partial charge on any atom is 0.231 e. The van der Waals surface area contributed by atoms with E-state index >= 15 is 0 Å². The van der Waals surface area contributed by atoms with Gasteiger partial charge in [0.25, 0.3) is 0 Å². The molecule has 108 valence electrons. The van der Waals surface area contributed by atoms with Gasteiger partial charge in [0.15, 0.2) is 0 Å². The molecule has 0 aromatic heterocycles. The Morgan fingerprint density at radius 2 is 2.10 bits per heavy atom. The average molecular weight is 286 g/mol. The van der Waals surface area contributed by atoms with Crippen molar-refractivity contribution < 1.29 is 13.9 Å². The van der Waals surface area contributed by atoms with Crippen LogP contribution in [0, 0.1) is 11.7 Å². The Hall–Kier alpha value is -2.56. The van der Waals surface area contributed by atoms with E-state index in [0.29, 0.717) is 18.7 Å². The van der Waals surface area contributed by atoms with Crippen molar-refractivity contribution in [2.75, 3.05) is 17.7 Å². The number of fused-ring (bicyclic) bond motifs is 1. The van der Waals surface area contributed by atoms with Crippen LogP contribution in [0.3, 0.4) is 0 Å². The molecule has 1 amide bonds. The number of nitrogen functional groups attached to an aromatic ring is 1. The van der Waals surface area contributed by atoms with E-state index < -0.39 is 5.82 Å². The van der Waals surface area contributed by atoms with Gasteiger partial charge in [-0.3, -0.25) is 4.79 Å². The van der Waals surface area contributed by atoms with E-state index in [2.05, 4.69) is 5.32 Å². The summed E-state index contributed by atoms with van der Waals surface area (Å²) in [4.78, 5) is 12.2. The van der Waals surface area contributed by atoms with Gasteiger partial charge >= 0.3 is 0 Å². The van der Waals surface area contributed by atoms with E-state index in [0.717, 1.165) is 11.3 Å². The summed E-state index contributed by atoms with van der Waals surface area (Å²) >= 11 is 0. The van der Waals surface area contributed by atoms with Crippen LogP contribution in [0.5, 0.6) is 5.75 Å². The number of para-hydroxylation sites is 1. The van der Waals surface area contributed by atoms with E-state index in [1.54, 1.807) is 6.07 Å². The summed E-state index contributed by atoms with van der Waals surface area (Å²) in [6.07, 6.45) is 0.582. The zero-order valence-corrected chi connectivity index (χ0v) is 11.3. The second-order valence-electron chi connectivity index (χ2n) is 5.05. The van der Waals surface area contributed by atoms with Gasteiger partial charge < -0.3 is 15.8 Å². The molecular formula is C16H15FN2O2. The molecule has 0 radical (unpaired) electrons.